The van der Waals surface area contributed by atoms with Crippen molar-refractivity contribution in [1.82, 2.24) is 0 Å². The van der Waals surface area contributed by atoms with Crippen LogP contribution in [0.15, 0.2) is 42.5 Å². The minimum atomic E-state index is -0.418. The lowest BCUT2D eigenvalue weighted by atomic mass is 10.1. The van der Waals surface area contributed by atoms with Gasteiger partial charge >= 0.3 is 0 Å². The van der Waals surface area contributed by atoms with Gasteiger partial charge in [0.05, 0.1) is 12.2 Å². The van der Waals surface area contributed by atoms with Crippen LogP contribution in [0.25, 0.3) is 0 Å². The molecule has 1 unspecified atom stereocenters. The van der Waals surface area contributed by atoms with Crippen molar-refractivity contribution >= 4 is 34.8 Å². The second-order valence-electron chi connectivity index (χ2n) is 6.53. The Hall–Kier alpha value is -2.57. The van der Waals surface area contributed by atoms with Crippen LogP contribution in [0.1, 0.15) is 18.4 Å². The summed E-state index contributed by atoms with van der Waals surface area (Å²) in [6, 6.07) is 12.7. The van der Waals surface area contributed by atoms with Crippen LogP contribution < -0.4 is 15.0 Å². The van der Waals surface area contributed by atoms with Crippen molar-refractivity contribution in [3.05, 3.63) is 53.1 Å². The van der Waals surface area contributed by atoms with Crippen LogP contribution in [0.3, 0.4) is 0 Å². The Kier molecular flexibility index (Phi) is 5.01. The molecule has 2 amide bonds. The molecule has 0 aliphatic carbocycles. The average Bonchev–Trinajstić information content (AvgIpc) is 3.21. The van der Waals surface area contributed by atoms with Crippen LogP contribution in [-0.2, 0) is 20.9 Å². The van der Waals surface area contributed by atoms with Gasteiger partial charge in [-0.25, -0.2) is 0 Å². The van der Waals surface area contributed by atoms with Crippen molar-refractivity contribution in [2.24, 2.45) is 0 Å². The second-order valence-corrected chi connectivity index (χ2v) is 6.94. The number of hydrogen-bond acceptors (Lipinski definition) is 4. The third kappa shape index (κ3) is 3.77. The minimum Gasteiger partial charge on any atom is -0.482 e. The van der Waals surface area contributed by atoms with Gasteiger partial charge in [-0.1, -0.05) is 29.8 Å². The molecule has 27 heavy (non-hydrogen) atoms. The van der Waals surface area contributed by atoms with E-state index in [4.69, 9.17) is 21.1 Å². The lowest BCUT2D eigenvalue weighted by molar-refractivity contribution is -0.124. The van der Waals surface area contributed by atoms with Crippen molar-refractivity contribution in [1.29, 1.82) is 0 Å². The van der Waals surface area contributed by atoms with E-state index in [1.807, 2.05) is 18.2 Å². The molecule has 140 valence electrons. The van der Waals surface area contributed by atoms with Crippen molar-refractivity contribution < 1.29 is 19.1 Å². The number of amides is 2. The molecule has 2 aliphatic rings. The molecule has 4 rings (SSSR count). The maximum Gasteiger partial charge on any atom is 0.265 e. The molecule has 1 saturated heterocycles. The fourth-order valence-electron chi connectivity index (χ4n) is 3.26. The second kappa shape index (κ2) is 7.58. The molecule has 0 spiro atoms. The molecular weight excluding hydrogens is 368 g/mol. The number of rotatable bonds is 4. The first kappa shape index (κ1) is 17.8. The lowest BCUT2D eigenvalue weighted by Gasteiger charge is -2.30. The molecule has 0 saturated carbocycles. The molecule has 0 aromatic heterocycles. The van der Waals surface area contributed by atoms with E-state index in [1.54, 1.807) is 29.2 Å². The van der Waals surface area contributed by atoms with Gasteiger partial charge < -0.3 is 19.7 Å². The number of fused-ring (bicyclic) bond motifs is 1. The fraction of sp³-hybridized carbons (Fsp3) is 0.300. The molecule has 2 aromatic rings. The topological polar surface area (TPSA) is 67.9 Å². The maximum absolute atomic E-state index is 12.5. The number of nitrogens with zero attached hydrogens (tertiary/aromatic N) is 1. The van der Waals surface area contributed by atoms with Crippen LogP contribution in [0.2, 0.25) is 5.02 Å². The molecule has 2 aromatic carbocycles. The highest BCUT2D eigenvalue weighted by atomic mass is 35.5. The van der Waals surface area contributed by atoms with E-state index < -0.39 is 6.10 Å². The summed E-state index contributed by atoms with van der Waals surface area (Å²) < 4.78 is 10.9. The van der Waals surface area contributed by atoms with E-state index in [-0.39, 0.29) is 18.4 Å². The molecule has 6 nitrogen and oxygen atoms in total. The van der Waals surface area contributed by atoms with Gasteiger partial charge in [-0.3, -0.25) is 9.59 Å². The smallest absolute Gasteiger partial charge is 0.265 e. The zero-order valence-electron chi connectivity index (χ0n) is 14.6. The Morgan fingerprint density at radius 2 is 2.11 bits per heavy atom. The van der Waals surface area contributed by atoms with Gasteiger partial charge in [0.1, 0.15) is 11.9 Å². The number of halogens is 1. The van der Waals surface area contributed by atoms with Gasteiger partial charge in [-0.2, -0.15) is 0 Å². The molecule has 0 bridgehead atoms. The van der Waals surface area contributed by atoms with Crippen LogP contribution >= 0.6 is 11.6 Å². The van der Waals surface area contributed by atoms with Crippen molar-refractivity contribution in [2.45, 2.75) is 25.5 Å². The molecule has 0 radical (unpaired) electrons. The summed E-state index contributed by atoms with van der Waals surface area (Å²) >= 11 is 6.25. The number of hydrogen-bond donors (Lipinski definition) is 1. The van der Waals surface area contributed by atoms with Gasteiger partial charge in [-0.15, -0.1) is 0 Å². The zero-order chi connectivity index (χ0) is 18.8. The predicted octanol–water partition coefficient (Wildman–Crippen LogP) is 3.38. The Labute approximate surface area is 162 Å². The zero-order valence-corrected chi connectivity index (χ0v) is 15.4. The van der Waals surface area contributed by atoms with Crippen molar-refractivity contribution in [2.75, 3.05) is 23.4 Å². The van der Waals surface area contributed by atoms with Crippen LogP contribution in [0.5, 0.6) is 5.75 Å². The number of nitrogens with one attached hydrogen (secondary N) is 1. The molecule has 1 atom stereocenters. The first-order valence-corrected chi connectivity index (χ1v) is 9.23. The van der Waals surface area contributed by atoms with Gasteiger partial charge in [0, 0.05) is 17.3 Å². The van der Waals surface area contributed by atoms with Gasteiger partial charge in [0.25, 0.3) is 11.8 Å². The number of carbonyl (C=O) groups excluding carboxylic acids is 2. The summed E-state index contributed by atoms with van der Waals surface area (Å²) in [5.74, 6) is 0.259. The summed E-state index contributed by atoms with van der Waals surface area (Å²) in [4.78, 5) is 26.4. The predicted molar refractivity (Wildman–Crippen MR) is 102 cm³/mol. The molecule has 1 fully saturated rings. The van der Waals surface area contributed by atoms with Crippen molar-refractivity contribution in [3.63, 3.8) is 0 Å². The molecular formula is C20H19ClN2O4. The van der Waals surface area contributed by atoms with E-state index in [2.05, 4.69) is 5.32 Å². The third-order valence-electron chi connectivity index (χ3n) is 4.68. The van der Waals surface area contributed by atoms with E-state index in [0.29, 0.717) is 35.3 Å². The fourth-order valence-corrected chi connectivity index (χ4v) is 3.45. The summed E-state index contributed by atoms with van der Waals surface area (Å²) in [6.45, 7) is 0.910. The third-order valence-corrected chi connectivity index (χ3v) is 5.05. The Morgan fingerprint density at radius 1 is 1.26 bits per heavy atom. The lowest BCUT2D eigenvalue weighted by Crippen LogP contribution is -2.38. The van der Waals surface area contributed by atoms with Crippen LogP contribution in [-0.4, -0.2) is 31.1 Å². The summed E-state index contributed by atoms with van der Waals surface area (Å²) in [5.41, 5.74) is 2.04. The monoisotopic (exact) mass is 386 g/mol. The minimum absolute atomic E-state index is 0.0287. The first-order valence-electron chi connectivity index (χ1n) is 8.85. The number of ether oxygens (including phenoxy) is 2. The van der Waals surface area contributed by atoms with Gasteiger partial charge in [0.2, 0.25) is 0 Å². The summed E-state index contributed by atoms with van der Waals surface area (Å²) in [6.07, 6.45) is 1.19. The van der Waals surface area contributed by atoms with E-state index >= 15 is 0 Å². The van der Waals surface area contributed by atoms with Crippen LogP contribution in [0, 0.1) is 0 Å². The molecule has 2 heterocycles. The Balaban J connectivity index is 1.59. The molecule has 7 heteroatoms. The summed E-state index contributed by atoms with van der Waals surface area (Å²) in [5, 5.41) is 3.46. The SMILES string of the molecule is O=C(Nc1ccc2c(c1)N(Cc1ccccc1Cl)C(=O)CO2)C1CCCO1. The Bertz CT molecular complexity index is 880. The molecule has 1 N–H and O–H groups in total. The highest BCUT2D eigenvalue weighted by molar-refractivity contribution is 6.31. The van der Waals surface area contributed by atoms with E-state index in [9.17, 15) is 9.59 Å². The number of benzene rings is 2. The molecule has 2 aliphatic heterocycles. The maximum atomic E-state index is 12.5. The highest BCUT2D eigenvalue weighted by Crippen LogP contribution is 2.36. The summed E-state index contributed by atoms with van der Waals surface area (Å²) in [7, 11) is 0. The number of carbonyl (C=O) groups is 2. The van der Waals surface area contributed by atoms with Gasteiger partial charge in [0.15, 0.2) is 6.61 Å². The van der Waals surface area contributed by atoms with Gasteiger partial charge in [-0.05, 0) is 42.7 Å². The first-order chi connectivity index (χ1) is 13.1. The standard InChI is InChI=1S/C20H19ClN2O4/c21-15-5-2-1-4-13(15)11-23-16-10-14(7-8-17(16)27-12-19(23)24)22-20(25)18-6-3-9-26-18/h1-2,4-5,7-8,10,18H,3,6,9,11-12H2,(H,22,25). The van der Waals surface area contributed by atoms with E-state index in [1.165, 1.54) is 0 Å². The normalized spacial score (nSPS) is 18.8. The quantitative estimate of drug-likeness (QED) is 0.874. The largest absolute Gasteiger partial charge is 0.482 e. The highest BCUT2D eigenvalue weighted by Gasteiger charge is 2.28. The van der Waals surface area contributed by atoms with E-state index in [0.717, 1.165) is 18.4 Å². The Morgan fingerprint density at radius 3 is 2.89 bits per heavy atom. The van der Waals surface area contributed by atoms with Crippen molar-refractivity contribution in [3.8, 4) is 5.75 Å². The van der Waals surface area contributed by atoms with Crippen LogP contribution in [0.4, 0.5) is 11.4 Å². The number of anilines is 2. The average molecular weight is 387 g/mol.